The number of ketones is 1. The standard InChI is InChI=1S/C28H22N2O3S/c1-2-33-23-14-12-22(13-15-23)25(31)16-30-18-29-27-26(28(30)32)24(17-34-27)21-10-8-20(9-11-21)19-6-4-3-5-7-19/h3-15,17-18H,2,16H2,1H3. The Hall–Kier alpha value is -4.03. The van der Waals surface area contributed by atoms with Crippen LogP contribution < -0.4 is 10.3 Å². The van der Waals surface area contributed by atoms with Crippen LogP contribution in [0.15, 0.2) is 95.4 Å². The van der Waals surface area contributed by atoms with Crippen molar-refractivity contribution in [3.05, 3.63) is 106 Å². The van der Waals surface area contributed by atoms with Gasteiger partial charge in [0.05, 0.1) is 24.9 Å². The minimum Gasteiger partial charge on any atom is -0.494 e. The van der Waals surface area contributed by atoms with E-state index in [1.807, 2.05) is 42.6 Å². The Morgan fingerprint density at radius 3 is 2.29 bits per heavy atom. The Morgan fingerprint density at radius 1 is 0.912 bits per heavy atom. The highest BCUT2D eigenvalue weighted by Crippen LogP contribution is 2.32. The SMILES string of the molecule is CCOc1ccc(C(=O)Cn2cnc3scc(-c4ccc(-c5ccccc5)cc4)c3c2=O)cc1. The Morgan fingerprint density at radius 2 is 1.59 bits per heavy atom. The fourth-order valence-electron chi connectivity index (χ4n) is 3.92. The van der Waals surface area contributed by atoms with Gasteiger partial charge < -0.3 is 4.74 Å². The van der Waals surface area contributed by atoms with Crippen LogP contribution in [-0.4, -0.2) is 21.9 Å². The van der Waals surface area contributed by atoms with Crippen LogP contribution in [-0.2, 0) is 6.54 Å². The zero-order chi connectivity index (χ0) is 23.5. The molecule has 5 nitrogen and oxygen atoms in total. The molecule has 0 spiro atoms. The molecule has 0 saturated carbocycles. The van der Waals surface area contributed by atoms with Crippen molar-refractivity contribution in [1.29, 1.82) is 0 Å². The Bertz CT molecular complexity index is 1500. The fourth-order valence-corrected chi connectivity index (χ4v) is 4.82. The smallest absolute Gasteiger partial charge is 0.263 e. The normalized spacial score (nSPS) is 11.0. The summed E-state index contributed by atoms with van der Waals surface area (Å²) in [5.41, 5.74) is 4.34. The molecule has 3 aromatic carbocycles. The van der Waals surface area contributed by atoms with Crippen LogP contribution in [0.5, 0.6) is 5.75 Å². The third-order valence-corrected chi connectivity index (χ3v) is 6.55. The number of Topliss-reactive ketones (excluding diaryl/α,β-unsaturated/α-hetero) is 1. The van der Waals surface area contributed by atoms with Crippen molar-refractivity contribution in [2.24, 2.45) is 0 Å². The van der Waals surface area contributed by atoms with E-state index in [9.17, 15) is 9.59 Å². The molecule has 0 fully saturated rings. The highest BCUT2D eigenvalue weighted by molar-refractivity contribution is 7.17. The summed E-state index contributed by atoms with van der Waals surface area (Å²) >= 11 is 1.43. The minimum absolute atomic E-state index is 0.0714. The van der Waals surface area contributed by atoms with Crippen molar-refractivity contribution in [3.8, 4) is 28.0 Å². The highest BCUT2D eigenvalue weighted by Gasteiger charge is 2.16. The van der Waals surface area contributed by atoms with Gasteiger partial charge in [-0.05, 0) is 47.9 Å². The van der Waals surface area contributed by atoms with Gasteiger partial charge in [-0.15, -0.1) is 11.3 Å². The first-order valence-corrected chi connectivity index (χ1v) is 11.9. The number of benzene rings is 3. The quantitative estimate of drug-likeness (QED) is 0.273. The first kappa shape index (κ1) is 21.8. The molecule has 0 amide bonds. The number of hydrogen-bond donors (Lipinski definition) is 0. The van der Waals surface area contributed by atoms with Gasteiger partial charge in [0.25, 0.3) is 5.56 Å². The van der Waals surface area contributed by atoms with Gasteiger partial charge >= 0.3 is 0 Å². The summed E-state index contributed by atoms with van der Waals surface area (Å²) in [6.07, 6.45) is 1.45. The van der Waals surface area contributed by atoms with Gasteiger partial charge in [0, 0.05) is 16.5 Å². The molecule has 0 atom stereocenters. The molecule has 0 radical (unpaired) electrons. The molecule has 0 aliphatic heterocycles. The average molecular weight is 467 g/mol. The van der Waals surface area contributed by atoms with Crippen molar-refractivity contribution >= 4 is 27.3 Å². The monoisotopic (exact) mass is 466 g/mol. The van der Waals surface area contributed by atoms with Crippen molar-refractivity contribution in [3.63, 3.8) is 0 Å². The molecule has 5 rings (SSSR count). The molecule has 5 aromatic rings. The van der Waals surface area contributed by atoms with Crippen LogP contribution in [0.3, 0.4) is 0 Å². The number of thiophene rings is 1. The number of hydrogen-bond acceptors (Lipinski definition) is 5. The van der Waals surface area contributed by atoms with Gasteiger partial charge in [-0.2, -0.15) is 0 Å². The predicted octanol–water partition coefficient (Wildman–Crippen LogP) is 6.07. The topological polar surface area (TPSA) is 61.2 Å². The Labute approximate surface area is 200 Å². The van der Waals surface area contributed by atoms with E-state index in [2.05, 4.69) is 29.2 Å². The number of carbonyl (C=O) groups is 1. The maximum absolute atomic E-state index is 13.3. The fraction of sp³-hybridized carbons (Fsp3) is 0.107. The Balaban J connectivity index is 1.44. The minimum atomic E-state index is -0.215. The summed E-state index contributed by atoms with van der Waals surface area (Å²) in [6, 6.07) is 25.3. The predicted molar refractivity (Wildman–Crippen MR) is 137 cm³/mol. The van der Waals surface area contributed by atoms with Crippen molar-refractivity contribution in [2.75, 3.05) is 6.61 Å². The van der Waals surface area contributed by atoms with E-state index in [-0.39, 0.29) is 17.9 Å². The maximum atomic E-state index is 13.3. The van der Waals surface area contributed by atoms with Crippen molar-refractivity contribution in [1.82, 2.24) is 9.55 Å². The summed E-state index contributed by atoms with van der Waals surface area (Å²) in [5, 5.41) is 2.49. The van der Waals surface area contributed by atoms with Gasteiger partial charge in [-0.3, -0.25) is 14.2 Å². The number of fused-ring (bicyclic) bond motifs is 1. The second kappa shape index (κ2) is 9.45. The lowest BCUT2D eigenvalue weighted by molar-refractivity contribution is 0.0970. The van der Waals surface area contributed by atoms with E-state index in [0.717, 1.165) is 22.3 Å². The maximum Gasteiger partial charge on any atom is 0.263 e. The van der Waals surface area contributed by atoms with Crippen LogP contribution in [0.4, 0.5) is 0 Å². The first-order valence-electron chi connectivity index (χ1n) is 11.0. The highest BCUT2D eigenvalue weighted by atomic mass is 32.1. The summed E-state index contributed by atoms with van der Waals surface area (Å²) in [4.78, 5) is 31.3. The van der Waals surface area contributed by atoms with E-state index in [1.54, 1.807) is 24.3 Å². The van der Waals surface area contributed by atoms with E-state index in [4.69, 9.17) is 4.74 Å². The molecule has 0 N–H and O–H groups in total. The number of rotatable bonds is 7. The van der Waals surface area contributed by atoms with Crippen molar-refractivity contribution < 1.29 is 9.53 Å². The lowest BCUT2D eigenvalue weighted by Gasteiger charge is -2.08. The molecule has 0 saturated heterocycles. The van der Waals surface area contributed by atoms with E-state index < -0.39 is 0 Å². The molecule has 0 aliphatic carbocycles. The molecule has 2 heterocycles. The molecule has 0 bridgehead atoms. The van der Waals surface area contributed by atoms with Gasteiger partial charge in [-0.25, -0.2) is 4.98 Å². The van der Waals surface area contributed by atoms with Crippen LogP contribution in [0, 0.1) is 0 Å². The molecule has 6 heteroatoms. The molecule has 34 heavy (non-hydrogen) atoms. The van der Waals surface area contributed by atoms with E-state index in [0.29, 0.717) is 28.1 Å². The summed E-state index contributed by atoms with van der Waals surface area (Å²) in [7, 11) is 0. The van der Waals surface area contributed by atoms with E-state index >= 15 is 0 Å². The first-order chi connectivity index (χ1) is 16.6. The number of nitrogens with zero attached hydrogens (tertiary/aromatic N) is 2. The number of aromatic nitrogens is 2. The van der Waals surface area contributed by atoms with Gasteiger partial charge in [0.1, 0.15) is 10.6 Å². The van der Waals surface area contributed by atoms with Crippen LogP contribution in [0.1, 0.15) is 17.3 Å². The van der Waals surface area contributed by atoms with Gasteiger partial charge in [0.2, 0.25) is 0 Å². The molecule has 0 unspecified atom stereocenters. The molecular formula is C28H22N2O3S. The summed E-state index contributed by atoms with van der Waals surface area (Å²) in [6.45, 7) is 2.40. The second-order valence-electron chi connectivity index (χ2n) is 7.83. The largest absolute Gasteiger partial charge is 0.494 e. The average Bonchev–Trinajstić information content (AvgIpc) is 3.32. The zero-order valence-electron chi connectivity index (χ0n) is 18.6. The molecule has 168 valence electrons. The molecular weight excluding hydrogens is 444 g/mol. The van der Waals surface area contributed by atoms with E-state index in [1.165, 1.54) is 22.2 Å². The Kier molecular flexibility index (Phi) is 6.06. The molecule has 2 aromatic heterocycles. The summed E-state index contributed by atoms with van der Waals surface area (Å²) < 4.78 is 6.81. The van der Waals surface area contributed by atoms with Crippen molar-refractivity contribution in [2.45, 2.75) is 13.5 Å². The number of carbonyl (C=O) groups excluding carboxylic acids is 1. The third kappa shape index (κ3) is 4.28. The van der Waals surface area contributed by atoms with Crippen LogP contribution in [0.25, 0.3) is 32.5 Å². The lowest BCUT2D eigenvalue weighted by Crippen LogP contribution is -2.24. The van der Waals surface area contributed by atoms with Gasteiger partial charge in [-0.1, -0.05) is 54.6 Å². The zero-order valence-corrected chi connectivity index (χ0v) is 19.4. The summed E-state index contributed by atoms with van der Waals surface area (Å²) in [5.74, 6) is 0.552. The lowest BCUT2D eigenvalue weighted by atomic mass is 10.0. The van der Waals surface area contributed by atoms with Gasteiger partial charge in [0.15, 0.2) is 5.78 Å². The second-order valence-corrected chi connectivity index (χ2v) is 8.69. The van der Waals surface area contributed by atoms with Crippen LogP contribution in [0.2, 0.25) is 0 Å². The number of ether oxygens (including phenoxy) is 1. The third-order valence-electron chi connectivity index (χ3n) is 5.66. The van der Waals surface area contributed by atoms with Crippen LogP contribution >= 0.6 is 11.3 Å². The molecule has 0 aliphatic rings.